The Bertz CT molecular complexity index is 1000. The molecule has 1 rings (SSSR count). The third-order valence-electron chi connectivity index (χ3n) is 11.1. The number of aliphatic hydroxyl groups is 4. The molecule has 10 nitrogen and oxygen atoms in total. The van der Waals surface area contributed by atoms with Crippen molar-refractivity contribution < 1.29 is 49.0 Å². The molecule has 0 aliphatic carbocycles. The zero-order valence-corrected chi connectivity index (χ0v) is 37.1. The molecule has 1 heterocycles. The van der Waals surface area contributed by atoms with E-state index in [1.54, 1.807) is 0 Å². The number of unbranched alkanes of at least 4 members (excludes halogenated alkanes) is 25. The molecule has 0 aromatic rings. The molecular weight excluding hydrogens is 737 g/mol. The van der Waals surface area contributed by atoms with Crippen LogP contribution in [-0.2, 0) is 28.5 Å². The molecule has 0 radical (unpaired) electrons. The second kappa shape index (κ2) is 39.3. The molecule has 0 spiro atoms. The number of carbonyl (C=O) groups is 2. The zero-order chi connectivity index (χ0) is 42.3. The lowest BCUT2D eigenvalue weighted by Gasteiger charge is -2.39. The van der Waals surface area contributed by atoms with E-state index in [2.05, 4.69) is 38.2 Å². The van der Waals surface area contributed by atoms with Crippen LogP contribution < -0.4 is 0 Å². The van der Waals surface area contributed by atoms with Crippen molar-refractivity contribution in [3.63, 3.8) is 0 Å². The largest absolute Gasteiger partial charge is 0.462 e. The minimum absolute atomic E-state index is 0.217. The van der Waals surface area contributed by atoms with E-state index < -0.39 is 49.4 Å². The minimum atomic E-state index is -1.59. The van der Waals surface area contributed by atoms with Gasteiger partial charge in [0.15, 0.2) is 12.4 Å². The van der Waals surface area contributed by atoms with Crippen LogP contribution in [0.2, 0.25) is 0 Å². The van der Waals surface area contributed by atoms with E-state index in [9.17, 15) is 30.0 Å². The normalized spacial score (nSPS) is 20.3. The van der Waals surface area contributed by atoms with E-state index in [1.807, 2.05) is 0 Å². The summed E-state index contributed by atoms with van der Waals surface area (Å²) in [4.78, 5) is 25.4. The van der Waals surface area contributed by atoms with Crippen molar-refractivity contribution in [2.24, 2.45) is 0 Å². The van der Waals surface area contributed by atoms with Crippen molar-refractivity contribution in [3.8, 4) is 0 Å². The summed E-state index contributed by atoms with van der Waals surface area (Å²) in [5, 5.41) is 40.1. The van der Waals surface area contributed by atoms with Crippen molar-refractivity contribution in [2.75, 3.05) is 19.8 Å². The number of esters is 2. The summed E-state index contributed by atoms with van der Waals surface area (Å²) in [7, 11) is 0. The Morgan fingerprint density at radius 1 is 0.534 bits per heavy atom. The Hall–Kier alpha value is -1.82. The first-order chi connectivity index (χ1) is 28.3. The molecule has 4 N–H and O–H groups in total. The summed E-state index contributed by atoms with van der Waals surface area (Å²) in [6.07, 6.45) is 36.0. The van der Waals surface area contributed by atoms with E-state index in [4.69, 9.17) is 18.9 Å². The van der Waals surface area contributed by atoms with E-state index in [1.165, 1.54) is 128 Å². The van der Waals surface area contributed by atoms with Crippen molar-refractivity contribution in [1.29, 1.82) is 0 Å². The van der Waals surface area contributed by atoms with Gasteiger partial charge in [0.1, 0.15) is 31.0 Å². The summed E-state index contributed by atoms with van der Waals surface area (Å²) in [6, 6.07) is 0. The molecule has 1 fully saturated rings. The van der Waals surface area contributed by atoms with Gasteiger partial charge in [0.25, 0.3) is 0 Å². The van der Waals surface area contributed by atoms with Crippen LogP contribution >= 0.6 is 0 Å². The molecule has 1 saturated heterocycles. The second-order valence-electron chi connectivity index (χ2n) is 16.6. The van der Waals surface area contributed by atoms with Crippen LogP contribution in [0.5, 0.6) is 0 Å². The van der Waals surface area contributed by atoms with Crippen LogP contribution in [0.1, 0.15) is 213 Å². The summed E-state index contributed by atoms with van der Waals surface area (Å²) >= 11 is 0. The van der Waals surface area contributed by atoms with Gasteiger partial charge in [-0.15, -0.1) is 0 Å². The first-order valence-electron chi connectivity index (χ1n) is 23.9. The fourth-order valence-corrected chi connectivity index (χ4v) is 7.28. The molecule has 340 valence electrons. The maximum Gasteiger partial charge on any atom is 0.306 e. The average molecular weight is 825 g/mol. The Balaban J connectivity index is 2.30. The molecule has 0 bridgehead atoms. The Kier molecular flexibility index (Phi) is 36.7. The third kappa shape index (κ3) is 30.2. The van der Waals surface area contributed by atoms with Gasteiger partial charge in [-0.3, -0.25) is 9.59 Å². The Morgan fingerprint density at radius 3 is 1.45 bits per heavy atom. The highest BCUT2D eigenvalue weighted by atomic mass is 16.7. The molecule has 0 aromatic heterocycles. The summed E-state index contributed by atoms with van der Waals surface area (Å²) < 4.78 is 22.2. The van der Waals surface area contributed by atoms with Crippen LogP contribution in [-0.4, -0.2) is 89.0 Å². The zero-order valence-electron chi connectivity index (χ0n) is 37.1. The van der Waals surface area contributed by atoms with Gasteiger partial charge in [-0.05, 0) is 44.9 Å². The Labute approximate surface area is 353 Å². The van der Waals surface area contributed by atoms with Crippen molar-refractivity contribution in [3.05, 3.63) is 24.3 Å². The van der Waals surface area contributed by atoms with Crippen LogP contribution in [0.3, 0.4) is 0 Å². The van der Waals surface area contributed by atoms with Crippen LogP contribution in [0.25, 0.3) is 0 Å². The smallest absolute Gasteiger partial charge is 0.306 e. The van der Waals surface area contributed by atoms with Gasteiger partial charge in [-0.2, -0.15) is 0 Å². The number of rotatable bonds is 40. The first-order valence-corrected chi connectivity index (χ1v) is 23.9. The van der Waals surface area contributed by atoms with Crippen LogP contribution in [0.15, 0.2) is 24.3 Å². The van der Waals surface area contributed by atoms with Gasteiger partial charge in [-0.25, -0.2) is 0 Å². The lowest BCUT2D eigenvalue weighted by molar-refractivity contribution is -0.305. The molecule has 1 aliphatic rings. The molecule has 6 atom stereocenters. The number of allylic oxidation sites excluding steroid dienone is 4. The van der Waals surface area contributed by atoms with Crippen molar-refractivity contribution >= 4 is 11.9 Å². The molecular formula is C48H88O10. The third-order valence-corrected chi connectivity index (χ3v) is 11.1. The lowest BCUT2D eigenvalue weighted by atomic mass is 9.99. The second-order valence-corrected chi connectivity index (χ2v) is 16.6. The van der Waals surface area contributed by atoms with E-state index in [0.29, 0.717) is 6.42 Å². The van der Waals surface area contributed by atoms with Gasteiger partial charge in [-0.1, -0.05) is 179 Å². The fourth-order valence-electron chi connectivity index (χ4n) is 7.28. The summed E-state index contributed by atoms with van der Waals surface area (Å²) in [5.74, 6) is -0.806. The standard InChI is InChI=1S/C48H88O10/c1-3-5-7-9-11-13-15-17-19-20-21-23-25-27-29-31-33-35-37-44(51)57-41(40-56-48-47(54)46(53)45(52)42(38-49)58-48)39-55-43(50)36-34-32-30-28-26-24-22-18-16-14-12-10-8-6-4-2/h13,15,19-20,41-42,45-49,52-54H,3-12,14,16-18,21-40H2,1-2H3/b15-13-,20-19-. The molecule has 58 heavy (non-hydrogen) atoms. The van der Waals surface area contributed by atoms with E-state index >= 15 is 0 Å². The monoisotopic (exact) mass is 825 g/mol. The number of aliphatic hydroxyl groups excluding tert-OH is 4. The number of carbonyl (C=O) groups excluding carboxylic acids is 2. The molecule has 0 amide bonds. The number of hydrogen-bond acceptors (Lipinski definition) is 10. The maximum absolute atomic E-state index is 12.8. The van der Waals surface area contributed by atoms with Crippen molar-refractivity contribution in [1.82, 2.24) is 0 Å². The molecule has 0 aromatic carbocycles. The van der Waals surface area contributed by atoms with Crippen molar-refractivity contribution in [2.45, 2.75) is 250 Å². The quantitative estimate of drug-likeness (QED) is 0.0267. The Morgan fingerprint density at radius 2 is 0.966 bits per heavy atom. The molecule has 6 unspecified atom stereocenters. The van der Waals surface area contributed by atoms with Gasteiger partial charge >= 0.3 is 11.9 Å². The minimum Gasteiger partial charge on any atom is -0.462 e. The molecule has 10 heteroatoms. The van der Waals surface area contributed by atoms with Crippen LogP contribution in [0.4, 0.5) is 0 Å². The molecule has 0 saturated carbocycles. The van der Waals surface area contributed by atoms with Gasteiger partial charge in [0.2, 0.25) is 0 Å². The fraction of sp³-hybridized carbons (Fsp3) is 0.875. The number of ether oxygens (including phenoxy) is 4. The highest BCUT2D eigenvalue weighted by Crippen LogP contribution is 2.23. The SMILES string of the molecule is CCCCCC/C=C\C/C=C\CCCCCCCCCC(=O)OC(COC(=O)CCCCCCCCCCCCCCCCC)COC1OC(CO)C(O)C(O)C1O. The maximum atomic E-state index is 12.8. The van der Waals surface area contributed by atoms with Crippen LogP contribution in [0, 0.1) is 0 Å². The predicted octanol–water partition coefficient (Wildman–Crippen LogP) is 10.5. The van der Waals surface area contributed by atoms with Gasteiger partial charge in [0.05, 0.1) is 13.2 Å². The molecule has 1 aliphatic heterocycles. The number of hydrogen-bond donors (Lipinski definition) is 4. The highest BCUT2D eigenvalue weighted by Gasteiger charge is 2.44. The summed E-state index contributed by atoms with van der Waals surface area (Å²) in [5.41, 5.74) is 0. The van der Waals surface area contributed by atoms with Gasteiger partial charge < -0.3 is 39.4 Å². The van der Waals surface area contributed by atoms with E-state index in [-0.39, 0.29) is 32.0 Å². The van der Waals surface area contributed by atoms with Gasteiger partial charge in [0, 0.05) is 12.8 Å². The predicted molar refractivity (Wildman–Crippen MR) is 233 cm³/mol. The summed E-state index contributed by atoms with van der Waals surface area (Å²) in [6.45, 7) is 3.42. The average Bonchev–Trinajstić information content (AvgIpc) is 3.22. The van der Waals surface area contributed by atoms with E-state index in [0.717, 1.165) is 51.4 Å². The lowest BCUT2D eigenvalue weighted by Crippen LogP contribution is -2.59. The highest BCUT2D eigenvalue weighted by molar-refractivity contribution is 5.70. The topological polar surface area (TPSA) is 152 Å². The first kappa shape index (κ1) is 54.2.